The average molecular weight is 183 g/mol. The summed E-state index contributed by atoms with van der Waals surface area (Å²) in [6.45, 7) is 7.13. The van der Waals surface area contributed by atoms with Gasteiger partial charge in [0, 0.05) is 6.04 Å². The SMILES string of the molecule is CC(C)C(C)C1CCC(N(C)C)C1. The van der Waals surface area contributed by atoms with Crippen LogP contribution < -0.4 is 0 Å². The molecule has 0 aromatic heterocycles. The van der Waals surface area contributed by atoms with Crippen molar-refractivity contribution in [2.45, 2.75) is 46.1 Å². The second-order valence-electron chi connectivity index (χ2n) is 5.29. The van der Waals surface area contributed by atoms with E-state index >= 15 is 0 Å². The highest BCUT2D eigenvalue weighted by molar-refractivity contribution is 4.83. The van der Waals surface area contributed by atoms with Gasteiger partial charge in [0.1, 0.15) is 0 Å². The molecular formula is C12H25N. The van der Waals surface area contributed by atoms with Crippen molar-refractivity contribution in [3.8, 4) is 0 Å². The molecule has 0 saturated heterocycles. The lowest BCUT2D eigenvalue weighted by atomic mass is 9.84. The van der Waals surface area contributed by atoms with E-state index in [1.807, 2.05) is 0 Å². The Hall–Kier alpha value is -0.0400. The van der Waals surface area contributed by atoms with E-state index in [0.717, 1.165) is 23.8 Å². The van der Waals surface area contributed by atoms with Crippen LogP contribution in [0.2, 0.25) is 0 Å². The van der Waals surface area contributed by atoms with Gasteiger partial charge in [-0.25, -0.2) is 0 Å². The molecule has 1 heteroatoms. The number of nitrogens with zero attached hydrogens (tertiary/aromatic N) is 1. The summed E-state index contributed by atoms with van der Waals surface area (Å²) in [5, 5.41) is 0. The van der Waals surface area contributed by atoms with Gasteiger partial charge in [-0.1, -0.05) is 20.8 Å². The van der Waals surface area contributed by atoms with Crippen molar-refractivity contribution in [1.82, 2.24) is 4.90 Å². The van der Waals surface area contributed by atoms with Gasteiger partial charge < -0.3 is 4.90 Å². The Kier molecular flexibility index (Phi) is 3.78. The molecule has 0 heterocycles. The summed E-state index contributed by atoms with van der Waals surface area (Å²) < 4.78 is 0. The topological polar surface area (TPSA) is 3.24 Å². The van der Waals surface area contributed by atoms with Crippen molar-refractivity contribution in [3.05, 3.63) is 0 Å². The molecule has 0 aliphatic heterocycles. The third-order valence-electron chi connectivity index (χ3n) is 3.97. The monoisotopic (exact) mass is 183 g/mol. The van der Waals surface area contributed by atoms with Gasteiger partial charge in [-0.2, -0.15) is 0 Å². The number of rotatable bonds is 3. The van der Waals surface area contributed by atoms with E-state index in [1.54, 1.807) is 0 Å². The zero-order valence-electron chi connectivity index (χ0n) is 9.88. The fourth-order valence-electron chi connectivity index (χ4n) is 2.48. The molecule has 3 atom stereocenters. The summed E-state index contributed by atoms with van der Waals surface area (Å²) >= 11 is 0. The molecule has 0 spiro atoms. The summed E-state index contributed by atoms with van der Waals surface area (Å²) in [5.74, 6) is 2.74. The van der Waals surface area contributed by atoms with Gasteiger partial charge in [0.25, 0.3) is 0 Å². The summed E-state index contributed by atoms with van der Waals surface area (Å²) in [6.07, 6.45) is 4.28. The molecule has 1 rings (SSSR count). The van der Waals surface area contributed by atoms with E-state index in [0.29, 0.717) is 0 Å². The zero-order valence-corrected chi connectivity index (χ0v) is 9.88. The summed E-state index contributed by atoms with van der Waals surface area (Å²) in [6, 6.07) is 0.853. The lowest BCUT2D eigenvalue weighted by molar-refractivity contribution is 0.247. The van der Waals surface area contributed by atoms with Crippen molar-refractivity contribution < 1.29 is 0 Å². The van der Waals surface area contributed by atoms with Crippen LogP contribution in [0.3, 0.4) is 0 Å². The van der Waals surface area contributed by atoms with Gasteiger partial charge in [-0.15, -0.1) is 0 Å². The first kappa shape index (κ1) is 11.0. The molecule has 0 aromatic carbocycles. The van der Waals surface area contributed by atoms with Crippen LogP contribution in [-0.4, -0.2) is 25.0 Å². The van der Waals surface area contributed by atoms with E-state index < -0.39 is 0 Å². The minimum Gasteiger partial charge on any atom is -0.306 e. The maximum absolute atomic E-state index is 2.42. The molecule has 1 aliphatic carbocycles. The van der Waals surface area contributed by atoms with E-state index in [1.165, 1.54) is 19.3 Å². The van der Waals surface area contributed by atoms with Gasteiger partial charge in [0.2, 0.25) is 0 Å². The lowest BCUT2D eigenvalue weighted by Crippen LogP contribution is -2.26. The molecule has 1 saturated carbocycles. The molecule has 78 valence electrons. The highest BCUT2D eigenvalue weighted by Crippen LogP contribution is 2.36. The molecule has 1 nitrogen and oxygen atoms in total. The number of hydrogen-bond acceptors (Lipinski definition) is 1. The van der Waals surface area contributed by atoms with Gasteiger partial charge >= 0.3 is 0 Å². The molecule has 0 amide bonds. The van der Waals surface area contributed by atoms with Crippen LogP contribution in [0.15, 0.2) is 0 Å². The smallest absolute Gasteiger partial charge is 0.00920 e. The molecule has 1 aliphatic rings. The fraction of sp³-hybridized carbons (Fsp3) is 1.00. The van der Waals surface area contributed by atoms with Gasteiger partial charge in [-0.3, -0.25) is 0 Å². The highest BCUT2D eigenvalue weighted by Gasteiger charge is 2.30. The van der Waals surface area contributed by atoms with E-state index in [2.05, 4.69) is 39.8 Å². The van der Waals surface area contributed by atoms with Gasteiger partial charge in [0.15, 0.2) is 0 Å². The minimum absolute atomic E-state index is 0.853. The molecule has 0 aromatic rings. The molecule has 0 N–H and O–H groups in total. The fourth-order valence-corrected chi connectivity index (χ4v) is 2.48. The van der Waals surface area contributed by atoms with Crippen molar-refractivity contribution in [2.75, 3.05) is 14.1 Å². The largest absolute Gasteiger partial charge is 0.306 e. The van der Waals surface area contributed by atoms with E-state index in [4.69, 9.17) is 0 Å². The molecule has 3 unspecified atom stereocenters. The lowest BCUT2D eigenvalue weighted by Gasteiger charge is -2.24. The Morgan fingerprint density at radius 1 is 1.08 bits per heavy atom. The van der Waals surface area contributed by atoms with Crippen LogP contribution in [0.1, 0.15) is 40.0 Å². The average Bonchev–Trinajstić information content (AvgIpc) is 2.50. The Bertz CT molecular complexity index is 151. The standard InChI is InChI=1S/C12H25N/c1-9(2)10(3)11-6-7-12(8-11)13(4)5/h9-12H,6-8H2,1-5H3. The van der Waals surface area contributed by atoms with Crippen LogP contribution in [0.4, 0.5) is 0 Å². The normalized spacial score (nSPS) is 31.6. The van der Waals surface area contributed by atoms with E-state index in [9.17, 15) is 0 Å². The summed E-state index contributed by atoms with van der Waals surface area (Å²) in [5.41, 5.74) is 0. The predicted molar refractivity (Wildman–Crippen MR) is 58.8 cm³/mol. The Labute approximate surface area is 83.5 Å². The highest BCUT2D eigenvalue weighted by atomic mass is 15.1. The van der Waals surface area contributed by atoms with Crippen molar-refractivity contribution >= 4 is 0 Å². The Morgan fingerprint density at radius 3 is 2.08 bits per heavy atom. The summed E-state index contributed by atoms with van der Waals surface area (Å²) in [4.78, 5) is 2.40. The summed E-state index contributed by atoms with van der Waals surface area (Å²) in [7, 11) is 4.43. The molecule has 0 bridgehead atoms. The second-order valence-corrected chi connectivity index (χ2v) is 5.29. The van der Waals surface area contributed by atoms with Crippen LogP contribution in [0, 0.1) is 17.8 Å². The Morgan fingerprint density at radius 2 is 1.69 bits per heavy atom. The maximum Gasteiger partial charge on any atom is 0.00920 e. The van der Waals surface area contributed by atoms with Gasteiger partial charge in [-0.05, 0) is 51.1 Å². The Balaban J connectivity index is 2.40. The van der Waals surface area contributed by atoms with Crippen LogP contribution in [0.5, 0.6) is 0 Å². The van der Waals surface area contributed by atoms with Crippen molar-refractivity contribution in [1.29, 1.82) is 0 Å². The molecular weight excluding hydrogens is 158 g/mol. The second kappa shape index (κ2) is 4.45. The van der Waals surface area contributed by atoms with Crippen molar-refractivity contribution in [2.24, 2.45) is 17.8 Å². The van der Waals surface area contributed by atoms with Crippen molar-refractivity contribution in [3.63, 3.8) is 0 Å². The van der Waals surface area contributed by atoms with Gasteiger partial charge in [0.05, 0.1) is 0 Å². The molecule has 1 fully saturated rings. The third kappa shape index (κ3) is 2.70. The maximum atomic E-state index is 2.42. The molecule has 0 radical (unpaired) electrons. The van der Waals surface area contributed by atoms with Crippen LogP contribution in [0.25, 0.3) is 0 Å². The van der Waals surface area contributed by atoms with E-state index in [-0.39, 0.29) is 0 Å². The van der Waals surface area contributed by atoms with Crippen LogP contribution in [-0.2, 0) is 0 Å². The number of hydrogen-bond donors (Lipinski definition) is 0. The predicted octanol–water partition coefficient (Wildman–Crippen LogP) is 3.01. The third-order valence-corrected chi connectivity index (χ3v) is 3.97. The first-order chi connectivity index (χ1) is 6.02. The van der Waals surface area contributed by atoms with Crippen LogP contribution >= 0.6 is 0 Å². The quantitative estimate of drug-likeness (QED) is 0.650. The minimum atomic E-state index is 0.853. The first-order valence-electron chi connectivity index (χ1n) is 5.68. The zero-order chi connectivity index (χ0) is 10.0. The first-order valence-corrected chi connectivity index (χ1v) is 5.68. The molecule has 13 heavy (non-hydrogen) atoms.